The number of fused-ring (bicyclic) bond motifs is 10. The first kappa shape index (κ1) is 32.1. The minimum Gasteiger partial charge on any atom is -0.506 e. The van der Waals surface area contributed by atoms with Gasteiger partial charge >= 0.3 is 0 Å². The molecule has 5 heteroatoms. The fourth-order valence-corrected chi connectivity index (χ4v) is 8.71. The second-order valence-electron chi connectivity index (χ2n) is 13.5. The van der Waals surface area contributed by atoms with E-state index >= 15 is 0 Å². The maximum atomic E-state index is 11.2. The summed E-state index contributed by atoms with van der Waals surface area (Å²) in [5, 5.41) is 12.1. The van der Waals surface area contributed by atoms with Crippen molar-refractivity contribution in [3.05, 3.63) is 191 Å². The van der Waals surface area contributed by atoms with Crippen molar-refractivity contribution in [1.82, 2.24) is 9.97 Å². The van der Waals surface area contributed by atoms with Crippen LogP contribution in [0.15, 0.2) is 152 Å². The fraction of sp³-hybridized carbons (Fsp3) is 0.0638. The number of pyridine rings is 2. The van der Waals surface area contributed by atoms with Gasteiger partial charge in [-0.05, 0) is 106 Å². The number of nitrogens with zero attached hydrogens (tertiary/aromatic N) is 3. The van der Waals surface area contributed by atoms with Crippen LogP contribution in [0.3, 0.4) is 0 Å². The molecule has 0 atom stereocenters. The van der Waals surface area contributed by atoms with Gasteiger partial charge in [-0.15, -0.1) is 23.8 Å². The number of benzene rings is 6. The summed E-state index contributed by atoms with van der Waals surface area (Å²) in [5.74, 6) is 0.971. The SMILES string of the molecule is Cc1cccc(C)c1-c1ccc(O)c2nc(-c3[c-]c4c(cc3)C3(c5ccccc5-c5ccccc53)c3ccccc3N4c3ccccn3)ccc12.[Pt]. The van der Waals surface area contributed by atoms with E-state index in [1.165, 1.54) is 44.5 Å². The maximum absolute atomic E-state index is 11.2. The number of phenols is 1. The summed E-state index contributed by atoms with van der Waals surface area (Å²) in [4.78, 5) is 12.2. The first-order chi connectivity index (χ1) is 25.1. The van der Waals surface area contributed by atoms with E-state index in [-0.39, 0.29) is 26.8 Å². The van der Waals surface area contributed by atoms with Crippen molar-refractivity contribution >= 4 is 28.1 Å². The molecule has 0 radical (unpaired) electrons. The molecule has 0 fully saturated rings. The predicted molar refractivity (Wildman–Crippen MR) is 206 cm³/mol. The molecule has 252 valence electrons. The standard InChI is InChI=1S/C47H32N3O.Pt/c1-29-12-11-13-30(2)45(29)34-23-26-43(51)46-35(34)22-25-40(49-46)31-21-24-39-42(28-31)50(44-20-9-10-27-48-44)41-19-8-7-18-38(41)47(39)36-16-5-3-14-32(36)33-15-4-6-17-37(33)47;/h3-27,51H,1-2H3;/q-1;. The van der Waals surface area contributed by atoms with E-state index in [4.69, 9.17) is 9.97 Å². The first-order valence-corrected chi connectivity index (χ1v) is 17.3. The van der Waals surface area contributed by atoms with Crippen LogP contribution in [0.2, 0.25) is 0 Å². The summed E-state index contributed by atoms with van der Waals surface area (Å²) in [6, 6.07) is 54.8. The molecule has 4 nitrogen and oxygen atoms in total. The smallest absolute Gasteiger partial charge is 0.140 e. The molecule has 6 aromatic carbocycles. The molecule has 0 unspecified atom stereocenters. The molecule has 1 N–H and O–H groups in total. The third-order valence-corrected chi connectivity index (χ3v) is 10.8. The Morgan fingerprint density at radius 2 is 1.27 bits per heavy atom. The summed E-state index contributed by atoms with van der Waals surface area (Å²) in [6.07, 6.45) is 1.84. The zero-order chi connectivity index (χ0) is 34.3. The quantitative estimate of drug-likeness (QED) is 0.180. The van der Waals surface area contributed by atoms with E-state index in [1.54, 1.807) is 6.07 Å². The van der Waals surface area contributed by atoms with Crippen molar-refractivity contribution in [1.29, 1.82) is 0 Å². The molecule has 0 amide bonds. The van der Waals surface area contributed by atoms with Crippen LogP contribution in [0, 0.1) is 19.9 Å². The molecule has 0 saturated carbocycles. The Labute approximate surface area is 317 Å². The van der Waals surface area contributed by atoms with Gasteiger partial charge in [0.2, 0.25) is 0 Å². The third-order valence-electron chi connectivity index (χ3n) is 10.8. The van der Waals surface area contributed by atoms with E-state index in [2.05, 4.69) is 146 Å². The van der Waals surface area contributed by atoms with Crippen LogP contribution >= 0.6 is 0 Å². The van der Waals surface area contributed by atoms with Crippen molar-refractivity contribution in [2.75, 3.05) is 4.90 Å². The Hall–Kier alpha value is -5.83. The van der Waals surface area contributed by atoms with Crippen LogP contribution in [-0.2, 0) is 26.5 Å². The summed E-state index contributed by atoms with van der Waals surface area (Å²) >= 11 is 0. The van der Waals surface area contributed by atoms with E-state index in [1.807, 2.05) is 24.4 Å². The van der Waals surface area contributed by atoms with Crippen LogP contribution in [0.4, 0.5) is 17.2 Å². The van der Waals surface area contributed by atoms with Crippen molar-refractivity contribution < 1.29 is 26.2 Å². The summed E-state index contributed by atoms with van der Waals surface area (Å²) in [6.45, 7) is 4.26. The summed E-state index contributed by atoms with van der Waals surface area (Å²) in [7, 11) is 0. The van der Waals surface area contributed by atoms with Crippen LogP contribution in [-0.4, -0.2) is 15.1 Å². The number of rotatable bonds is 3. The van der Waals surface area contributed by atoms with Crippen molar-refractivity contribution in [3.63, 3.8) is 0 Å². The molecule has 0 saturated heterocycles. The van der Waals surface area contributed by atoms with Crippen LogP contribution in [0.1, 0.15) is 33.4 Å². The van der Waals surface area contributed by atoms with Gasteiger partial charge in [0.25, 0.3) is 0 Å². The Kier molecular flexibility index (Phi) is 7.50. The topological polar surface area (TPSA) is 49.3 Å². The average molecular weight is 850 g/mol. The van der Waals surface area contributed by atoms with E-state index < -0.39 is 5.41 Å². The van der Waals surface area contributed by atoms with Gasteiger partial charge in [-0.1, -0.05) is 109 Å². The Morgan fingerprint density at radius 3 is 1.98 bits per heavy atom. The van der Waals surface area contributed by atoms with Gasteiger partial charge < -0.3 is 10.0 Å². The zero-order valence-electron chi connectivity index (χ0n) is 28.5. The average Bonchev–Trinajstić information content (AvgIpc) is 3.47. The molecule has 1 spiro atoms. The van der Waals surface area contributed by atoms with Gasteiger partial charge in [-0.2, -0.15) is 0 Å². The number of anilines is 3. The summed E-state index contributed by atoms with van der Waals surface area (Å²) in [5.41, 5.74) is 15.5. The largest absolute Gasteiger partial charge is 0.506 e. The van der Waals surface area contributed by atoms with Gasteiger partial charge in [0.05, 0.1) is 0 Å². The van der Waals surface area contributed by atoms with Gasteiger partial charge in [0, 0.05) is 43.8 Å². The minimum atomic E-state index is -0.561. The maximum Gasteiger partial charge on any atom is 0.140 e. The fourth-order valence-electron chi connectivity index (χ4n) is 8.71. The van der Waals surface area contributed by atoms with Crippen LogP contribution < -0.4 is 4.90 Å². The van der Waals surface area contributed by atoms with E-state index in [0.717, 1.165) is 45.0 Å². The number of para-hydroxylation sites is 1. The first-order valence-electron chi connectivity index (χ1n) is 17.3. The number of phenolic OH excluding ortho intramolecular Hbond substituents is 1. The van der Waals surface area contributed by atoms with Crippen LogP contribution in [0.25, 0.3) is 44.4 Å². The van der Waals surface area contributed by atoms with E-state index in [9.17, 15) is 5.11 Å². The van der Waals surface area contributed by atoms with E-state index in [0.29, 0.717) is 5.52 Å². The predicted octanol–water partition coefficient (Wildman–Crippen LogP) is 11.2. The Balaban J connectivity index is 0.00000360. The molecule has 10 rings (SSSR count). The Morgan fingerprint density at radius 1 is 0.596 bits per heavy atom. The normalized spacial score (nSPS) is 13.2. The molecule has 8 aromatic rings. The molecule has 1 aliphatic heterocycles. The number of aryl methyl sites for hydroxylation is 2. The number of aromatic hydroxyl groups is 1. The molecule has 1 aliphatic carbocycles. The van der Waals surface area contributed by atoms with Gasteiger partial charge in [0.1, 0.15) is 17.1 Å². The molecule has 0 bridgehead atoms. The van der Waals surface area contributed by atoms with Gasteiger partial charge in [-0.25, -0.2) is 4.98 Å². The molecule has 2 aromatic heterocycles. The molecular weight excluding hydrogens is 818 g/mol. The molecule has 2 aliphatic rings. The van der Waals surface area contributed by atoms with Crippen molar-refractivity contribution in [3.8, 4) is 39.3 Å². The second-order valence-corrected chi connectivity index (χ2v) is 13.5. The zero-order valence-corrected chi connectivity index (χ0v) is 30.8. The van der Waals surface area contributed by atoms with Gasteiger partial charge in [0.15, 0.2) is 0 Å². The number of hydrogen-bond acceptors (Lipinski definition) is 4. The monoisotopic (exact) mass is 849 g/mol. The van der Waals surface area contributed by atoms with Crippen molar-refractivity contribution in [2.45, 2.75) is 19.3 Å². The molecule has 52 heavy (non-hydrogen) atoms. The number of aromatic nitrogens is 2. The number of hydrogen-bond donors (Lipinski definition) is 1. The minimum absolute atomic E-state index is 0. The third kappa shape index (κ3) is 4.44. The molecular formula is C47H32N3OPt-. The van der Waals surface area contributed by atoms with Crippen molar-refractivity contribution in [2.24, 2.45) is 0 Å². The van der Waals surface area contributed by atoms with Crippen LogP contribution in [0.5, 0.6) is 5.75 Å². The second kappa shape index (κ2) is 12.1. The van der Waals surface area contributed by atoms with Gasteiger partial charge in [-0.3, -0.25) is 4.98 Å². The Bertz CT molecular complexity index is 2640. The summed E-state index contributed by atoms with van der Waals surface area (Å²) < 4.78 is 0. The molecule has 3 heterocycles.